The van der Waals surface area contributed by atoms with Gasteiger partial charge in [-0.05, 0) is 0 Å². The number of nitrogens with zero attached hydrogens (tertiary/aromatic N) is 5. The van der Waals surface area contributed by atoms with Crippen LogP contribution >= 0.6 is 0 Å². The number of hydrogen-bond donors (Lipinski definition) is 1. The van der Waals surface area contributed by atoms with E-state index < -0.39 is 0 Å². The third-order valence-corrected chi connectivity index (χ3v) is 2.44. The van der Waals surface area contributed by atoms with Gasteiger partial charge in [-0.25, -0.2) is 9.97 Å². The first-order chi connectivity index (χ1) is 7.18. The van der Waals surface area contributed by atoms with Crippen LogP contribution in [0, 0.1) is 0 Å². The lowest BCUT2D eigenvalue weighted by atomic mass is 10.1. The summed E-state index contributed by atoms with van der Waals surface area (Å²) in [5.74, 6) is 0.878. The van der Waals surface area contributed by atoms with E-state index in [0.29, 0.717) is 6.42 Å². The Hall–Kier alpha value is -1.69. The van der Waals surface area contributed by atoms with E-state index in [4.69, 9.17) is 5.73 Å². The third-order valence-electron chi connectivity index (χ3n) is 2.44. The molecule has 0 bridgehead atoms. The van der Waals surface area contributed by atoms with Gasteiger partial charge in [0, 0.05) is 26.7 Å². The summed E-state index contributed by atoms with van der Waals surface area (Å²) in [5, 5.41) is 4.00. The monoisotopic (exact) mass is 206 g/mol. The van der Waals surface area contributed by atoms with Gasteiger partial charge in [0.25, 0.3) is 0 Å². The van der Waals surface area contributed by atoms with Gasteiger partial charge in [-0.15, -0.1) is 0 Å². The van der Waals surface area contributed by atoms with Crippen LogP contribution in [0.2, 0.25) is 0 Å². The molecule has 0 aliphatic carbocycles. The van der Waals surface area contributed by atoms with Gasteiger partial charge in [0.05, 0.1) is 18.1 Å². The maximum absolute atomic E-state index is 6.06. The minimum absolute atomic E-state index is 0.0969. The van der Waals surface area contributed by atoms with Crippen LogP contribution in [0.4, 0.5) is 0 Å². The van der Waals surface area contributed by atoms with Crippen molar-refractivity contribution in [2.45, 2.75) is 12.5 Å². The average molecular weight is 206 g/mol. The number of imidazole rings is 1. The van der Waals surface area contributed by atoms with Crippen LogP contribution in [0.15, 0.2) is 18.9 Å². The fourth-order valence-corrected chi connectivity index (χ4v) is 1.53. The van der Waals surface area contributed by atoms with Crippen LogP contribution in [-0.4, -0.2) is 24.3 Å². The van der Waals surface area contributed by atoms with E-state index >= 15 is 0 Å². The van der Waals surface area contributed by atoms with Crippen molar-refractivity contribution in [3.8, 4) is 0 Å². The molecule has 0 radical (unpaired) electrons. The van der Waals surface area contributed by atoms with Gasteiger partial charge in [0.1, 0.15) is 12.2 Å². The van der Waals surface area contributed by atoms with Crippen molar-refractivity contribution in [2.24, 2.45) is 19.8 Å². The number of nitrogens with two attached hydrogens (primary N) is 1. The van der Waals surface area contributed by atoms with Gasteiger partial charge in [-0.1, -0.05) is 0 Å². The highest BCUT2D eigenvalue weighted by atomic mass is 15.3. The van der Waals surface area contributed by atoms with Gasteiger partial charge in [0.2, 0.25) is 0 Å². The zero-order chi connectivity index (χ0) is 10.8. The molecule has 1 unspecified atom stereocenters. The Morgan fingerprint density at radius 3 is 2.80 bits per heavy atom. The van der Waals surface area contributed by atoms with E-state index in [1.807, 2.05) is 18.7 Å². The first-order valence-corrected chi connectivity index (χ1v) is 4.73. The Labute approximate surface area is 87.8 Å². The minimum atomic E-state index is -0.0969. The number of aryl methyl sites for hydroxylation is 2. The summed E-state index contributed by atoms with van der Waals surface area (Å²) in [6, 6.07) is -0.0969. The Kier molecular flexibility index (Phi) is 2.51. The smallest absolute Gasteiger partial charge is 0.138 e. The van der Waals surface area contributed by atoms with Crippen LogP contribution in [-0.2, 0) is 20.5 Å². The summed E-state index contributed by atoms with van der Waals surface area (Å²) in [6.45, 7) is 0. The second-order valence-electron chi connectivity index (χ2n) is 3.54. The van der Waals surface area contributed by atoms with Gasteiger partial charge >= 0.3 is 0 Å². The fraction of sp³-hybridized carbons (Fsp3) is 0.444. The van der Waals surface area contributed by atoms with Gasteiger partial charge < -0.3 is 10.3 Å². The van der Waals surface area contributed by atoms with E-state index in [2.05, 4.69) is 15.1 Å². The van der Waals surface area contributed by atoms with Gasteiger partial charge in [-0.3, -0.25) is 4.68 Å². The number of aromatic nitrogens is 5. The van der Waals surface area contributed by atoms with Crippen molar-refractivity contribution in [3.05, 3.63) is 30.4 Å². The Bertz CT molecular complexity index is 443. The summed E-state index contributed by atoms with van der Waals surface area (Å²) in [5.41, 5.74) is 7.06. The van der Waals surface area contributed by atoms with E-state index in [1.165, 1.54) is 6.33 Å². The number of hydrogen-bond acceptors (Lipinski definition) is 4. The molecule has 15 heavy (non-hydrogen) atoms. The molecule has 0 amide bonds. The summed E-state index contributed by atoms with van der Waals surface area (Å²) >= 11 is 0. The van der Waals surface area contributed by atoms with Crippen molar-refractivity contribution in [1.82, 2.24) is 24.3 Å². The van der Waals surface area contributed by atoms with Crippen molar-refractivity contribution >= 4 is 0 Å². The minimum Gasteiger partial charge on any atom is -0.336 e. The van der Waals surface area contributed by atoms with E-state index in [9.17, 15) is 0 Å². The molecule has 0 spiro atoms. The maximum atomic E-state index is 6.06. The molecule has 0 aromatic carbocycles. The van der Waals surface area contributed by atoms with Crippen molar-refractivity contribution < 1.29 is 0 Å². The number of rotatable bonds is 3. The Morgan fingerprint density at radius 1 is 1.47 bits per heavy atom. The lowest BCUT2D eigenvalue weighted by Crippen LogP contribution is -2.18. The summed E-state index contributed by atoms with van der Waals surface area (Å²) in [7, 11) is 3.79. The highest BCUT2D eigenvalue weighted by molar-refractivity contribution is 5.06. The maximum Gasteiger partial charge on any atom is 0.138 e. The van der Waals surface area contributed by atoms with Gasteiger partial charge in [-0.2, -0.15) is 5.10 Å². The zero-order valence-electron chi connectivity index (χ0n) is 8.83. The average Bonchev–Trinajstić information content (AvgIpc) is 2.76. The van der Waals surface area contributed by atoms with Crippen molar-refractivity contribution in [1.29, 1.82) is 0 Å². The molecule has 2 heterocycles. The topological polar surface area (TPSA) is 74.6 Å². The molecule has 0 saturated carbocycles. The molecule has 6 heteroatoms. The van der Waals surface area contributed by atoms with Crippen molar-refractivity contribution in [3.63, 3.8) is 0 Å². The summed E-state index contributed by atoms with van der Waals surface area (Å²) < 4.78 is 3.65. The zero-order valence-corrected chi connectivity index (χ0v) is 8.83. The summed E-state index contributed by atoms with van der Waals surface area (Å²) in [6.07, 6.45) is 5.72. The molecule has 0 aliphatic heterocycles. The first-order valence-electron chi connectivity index (χ1n) is 4.73. The first kappa shape index (κ1) is 9.85. The molecule has 6 nitrogen and oxygen atoms in total. The highest BCUT2D eigenvalue weighted by Gasteiger charge is 2.13. The second-order valence-corrected chi connectivity index (χ2v) is 3.54. The van der Waals surface area contributed by atoms with Crippen molar-refractivity contribution in [2.75, 3.05) is 0 Å². The largest absolute Gasteiger partial charge is 0.336 e. The van der Waals surface area contributed by atoms with Crippen LogP contribution in [0.25, 0.3) is 0 Å². The standard InChI is InChI=1S/C9H14N6/c1-14-6-11-4-8(14)7(10)3-9-12-5-13-15(9)2/h4-7H,3,10H2,1-2H3. The van der Waals surface area contributed by atoms with Crippen LogP contribution in [0.3, 0.4) is 0 Å². The highest BCUT2D eigenvalue weighted by Crippen LogP contribution is 2.12. The van der Waals surface area contributed by atoms with Crippen LogP contribution < -0.4 is 5.73 Å². The summed E-state index contributed by atoms with van der Waals surface area (Å²) in [4.78, 5) is 8.17. The van der Waals surface area contributed by atoms with Gasteiger partial charge in [0.15, 0.2) is 0 Å². The molecule has 1 atom stereocenters. The molecule has 0 fully saturated rings. The molecule has 2 N–H and O–H groups in total. The van der Waals surface area contributed by atoms with Crippen LogP contribution in [0.5, 0.6) is 0 Å². The van der Waals surface area contributed by atoms with Crippen LogP contribution in [0.1, 0.15) is 17.6 Å². The molecule has 0 saturated heterocycles. The molecule has 2 aromatic rings. The SMILES string of the molecule is Cn1cncc1C(N)Cc1ncnn1C. The predicted molar refractivity (Wildman–Crippen MR) is 54.8 cm³/mol. The van der Waals surface area contributed by atoms with E-state index in [-0.39, 0.29) is 6.04 Å². The molecular formula is C9H14N6. The van der Waals surface area contributed by atoms with E-state index in [1.54, 1.807) is 17.2 Å². The lowest BCUT2D eigenvalue weighted by molar-refractivity contribution is 0.600. The fourth-order valence-electron chi connectivity index (χ4n) is 1.53. The Morgan fingerprint density at radius 2 is 2.27 bits per heavy atom. The molecule has 80 valence electrons. The molecule has 2 rings (SSSR count). The third kappa shape index (κ3) is 1.89. The molecule has 2 aromatic heterocycles. The van der Waals surface area contributed by atoms with E-state index in [0.717, 1.165) is 11.5 Å². The molecular weight excluding hydrogens is 192 g/mol. The second kappa shape index (κ2) is 3.82. The molecule has 0 aliphatic rings. The predicted octanol–water partition coefficient (Wildman–Crippen LogP) is -0.209. The lowest BCUT2D eigenvalue weighted by Gasteiger charge is -2.11. The quantitative estimate of drug-likeness (QED) is 0.754. The Balaban J connectivity index is 2.14. The normalized spacial score (nSPS) is 13.0.